The van der Waals surface area contributed by atoms with Crippen molar-refractivity contribution < 1.29 is 4.74 Å². The van der Waals surface area contributed by atoms with Gasteiger partial charge in [-0.1, -0.05) is 18.2 Å². The van der Waals surface area contributed by atoms with Crippen LogP contribution in [0, 0.1) is 0 Å². The topological polar surface area (TPSA) is 40.4 Å². The molecule has 124 valence electrons. The van der Waals surface area contributed by atoms with E-state index in [1.54, 1.807) is 13.3 Å². The smallest absolute Gasteiger partial charge is 0.119 e. The zero-order chi connectivity index (χ0) is 16.6. The number of piperazine rings is 1. The van der Waals surface area contributed by atoms with E-state index < -0.39 is 0 Å². The molecular weight excluding hydrogens is 300 g/mol. The molecule has 0 N–H and O–H groups in total. The van der Waals surface area contributed by atoms with Gasteiger partial charge in [-0.2, -0.15) is 10.2 Å². The highest BCUT2D eigenvalue weighted by molar-refractivity contribution is 5.49. The predicted molar refractivity (Wildman–Crippen MR) is 96.9 cm³/mol. The van der Waals surface area contributed by atoms with Gasteiger partial charge in [-0.3, -0.25) is 0 Å². The van der Waals surface area contributed by atoms with Crippen molar-refractivity contribution in [3.8, 4) is 5.75 Å². The van der Waals surface area contributed by atoms with E-state index in [0.29, 0.717) is 0 Å². The summed E-state index contributed by atoms with van der Waals surface area (Å²) < 4.78 is 5.21. The van der Waals surface area contributed by atoms with Crippen LogP contribution in [0.25, 0.3) is 0 Å². The van der Waals surface area contributed by atoms with Gasteiger partial charge in [0, 0.05) is 38.1 Å². The zero-order valence-corrected chi connectivity index (χ0v) is 13.9. The summed E-state index contributed by atoms with van der Waals surface area (Å²) in [5, 5.41) is 8.27. The lowest BCUT2D eigenvalue weighted by Crippen LogP contribution is -2.44. The molecule has 0 radical (unpaired) electrons. The molecule has 0 aliphatic carbocycles. The molecule has 0 spiro atoms. The Labute approximate surface area is 142 Å². The minimum Gasteiger partial charge on any atom is -0.497 e. The molecule has 0 amide bonds. The average molecular weight is 322 g/mol. The minimum atomic E-state index is 0.867. The molecule has 0 saturated carbocycles. The molecule has 24 heavy (non-hydrogen) atoms. The molecule has 1 heterocycles. The number of azo groups is 1. The fourth-order valence-corrected chi connectivity index (χ4v) is 2.64. The second-order valence-corrected chi connectivity index (χ2v) is 5.57. The van der Waals surface area contributed by atoms with Gasteiger partial charge in [0.15, 0.2) is 0 Å². The number of rotatable bonds is 5. The SMILES string of the molecule is COc1ccc(N2CCN(/C=C/N=Nc3ccccc3)CC2)cc1. The van der Waals surface area contributed by atoms with Gasteiger partial charge in [0.2, 0.25) is 0 Å². The first-order valence-electron chi connectivity index (χ1n) is 8.11. The maximum absolute atomic E-state index is 5.21. The average Bonchev–Trinajstić information content (AvgIpc) is 2.67. The van der Waals surface area contributed by atoms with Crippen molar-refractivity contribution in [1.29, 1.82) is 0 Å². The monoisotopic (exact) mass is 322 g/mol. The quantitative estimate of drug-likeness (QED) is 0.779. The van der Waals surface area contributed by atoms with E-state index in [1.165, 1.54) is 5.69 Å². The van der Waals surface area contributed by atoms with Gasteiger partial charge in [-0.15, -0.1) is 0 Å². The molecular formula is C19H22N4O. The fourth-order valence-electron chi connectivity index (χ4n) is 2.64. The van der Waals surface area contributed by atoms with E-state index in [4.69, 9.17) is 4.74 Å². The van der Waals surface area contributed by atoms with Gasteiger partial charge in [-0.05, 0) is 36.4 Å². The highest BCUT2D eigenvalue weighted by Crippen LogP contribution is 2.20. The summed E-state index contributed by atoms with van der Waals surface area (Å²) in [6.45, 7) is 3.94. The molecule has 1 aliphatic heterocycles. The number of benzene rings is 2. The van der Waals surface area contributed by atoms with E-state index in [1.807, 2.05) is 48.7 Å². The lowest BCUT2D eigenvalue weighted by atomic mass is 10.2. The Morgan fingerprint density at radius 2 is 1.62 bits per heavy atom. The van der Waals surface area contributed by atoms with E-state index in [9.17, 15) is 0 Å². The number of hydrogen-bond acceptors (Lipinski definition) is 5. The maximum atomic E-state index is 5.21. The standard InChI is InChI=1S/C19H22N4O/c1-24-19-9-7-18(8-10-19)23-15-13-22(14-16-23)12-11-20-21-17-5-3-2-4-6-17/h2-12H,13-16H2,1H3/b12-11+,21-20?. The molecule has 3 rings (SSSR count). The summed E-state index contributed by atoms with van der Waals surface area (Å²) in [6.07, 6.45) is 3.77. The van der Waals surface area contributed by atoms with Crippen molar-refractivity contribution in [3.63, 3.8) is 0 Å². The van der Waals surface area contributed by atoms with Crippen molar-refractivity contribution in [3.05, 3.63) is 67.0 Å². The molecule has 0 bridgehead atoms. The Hall–Kier alpha value is -2.82. The molecule has 5 nitrogen and oxygen atoms in total. The van der Waals surface area contributed by atoms with Crippen molar-refractivity contribution >= 4 is 11.4 Å². The molecule has 0 aromatic heterocycles. The van der Waals surface area contributed by atoms with Gasteiger partial charge < -0.3 is 14.5 Å². The van der Waals surface area contributed by atoms with Crippen molar-refractivity contribution in [2.45, 2.75) is 0 Å². The highest BCUT2D eigenvalue weighted by Gasteiger charge is 2.14. The number of anilines is 1. The summed E-state index contributed by atoms with van der Waals surface area (Å²) in [5.74, 6) is 0.893. The zero-order valence-electron chi connectivity index (χ0n) is 13.9. The third-order valence-electron chi connectivity index (χ3n) is 4.03. The molecule has 1 aliphatic rings. The third-order valence-corrected chi connectivity index (χ3v) is 4.03. The summed E-state index contributed by atoms with van der Waals surface area (Å²) in [5.41, 5.74) is 2.11. The summed E-state index contributed by atoms with van der Waals surface area (Å²) in [6, 6.07) is 18.0. The second kappa shape index (κ2) is 8.15. The van der Waals surface area contributed by atoms with Crippen LogP contribution in [0.2, 0.25) is 0 Å². The Morgan fingerprint density at radius 3 is 2.29 bits per heavy atom. The predicted octanol–water partition coefficient (Wildman–Crippen LogP) is 4.07. The maximum Gasteiger partial charge on any atom is 0.119 e. The van der Waals surface area contributed by atoms with Crippen LogP contribution in [0.3, 0.4) is 0 Å². The van der Waals surface area contributed by atoms with E-state index in [0.717, 1.165) is 37.6 Å². The number of hydrogen-bond donors (Lipinski definition) is 0. The highest BCUT2D eigenvalue weighted by atomic mass is 16.5. The van der Waals surface area contributed by atoms with E-state index >= 15 is 0 Å². The van der Waals surface area contributed by atoms with Crippen molar-refractivity contribution in [2.24, 2.45) is 10.2 Å². The molecule has 1 fully saturated rings. The first-order valence-corrected chi connectivity index (χ1v) is 8.11. The van der Waals surface area contributed by atoms with Crippen LogP contribution in [0.4, 0.5) is 11.4 Å². The van der Waals surface area contributed by atoms with Crippen LogP contribution in [0.5, 0.6) is 5.75 Å². The molecule has 0 atom stereocenters. The molecule has 2 aromatic carbocycles. The second-order valence-electron chi connectivity index (χ2n) is 5.57. The van der Waals surface area contributed by atoms with Crippen molar-refractivity contribution in [1.82, 2.24) is 4.90 Å². The van der Waals surface area contributed by atoms with Crippen molar-refractivity contribution in [2.75, 3.05) is 38.2 Å². The van der Waals surface area contributed by atoms with Gasteiger partial charge >= 0.3 is 0 Å². The molecule has 2 aromatic rings. The third kappa shape index (κ3) is 4.35. The Kier molecular flexibility index (Phi) is 5.45. The lowest BCUT2D eigenvalue weighted by Gasteiger charge is -2.35. The number of nitrogens with zero attached hydrogens (tertiary/aromatic N) is 4. The van der Waals surface area contributed by atoms with E-state index in [-0.39, 0.29) is 0 Å². The van der Waals surface area contributed by atoms with Gasteiger partial charge in [-0.25, -0.2) is 0 Å². The van der Waals surface area contributed by atoms with Crippen LogP contribution in [0.1, 0.15) is 0 Å². The summed E-state index contributed by atoms with van der Waals surface area (Å²) in [4.78, 5) is 4.65. The Bertz CT molecular complexity index is 674. The summed E-state index contributed by atoms with van der Waals surface area (Å²) >= 11 is 0. The first-order chi connectivity index (χ1) is 11.8. The number of methoxy groups -OCH3 is 1. The Balaban J connectivity index is 1.48. The number of ether oxygens (including phenoxy) is 1. The van der Waals surface area contributed by atoms with Crippen LogP contribution >= 0.6 is 0 Å². The van der Waals surface area contributed by atoms with Gasteiger partial charge in [0.1, 0.15) is 5.75 Å². The van der Waals surface area contributed by atoms with Gasteiger partial charge in [0.25, 0.3) is 0 Å². The fraction of sp³-hybridized carbons (Fsp3) is 0.263. The van der Waals surface area contributed by atoms with Crippen LogP contribution in [-0.2, 0) is 0 Å². The van der Waals surface area contributed by atoms with Crippen LogP contribution < -0.4 is 9.64 Å². The molecule has 0 unspecified atom stereocenters. The van der Waals surface area contributed by atoms with Gasteiger partial charge in [0.05, 0.1) is 19.0 Å². The van der Waals surface area contributed by atoms with Crippen LogP contribution in [0.15, 0.2) is 77.2 Å². The molecule has 5 heteroatoms. The Morgan fingerprint density at radius 1 is 0.917 bits per heavy atom. The van der Waals surface area contributed by atoms with E-state index in [2.05, 4.69) is 32.2 Å². The normalized spacial score (nSPS) is 15.4. The lowest BCUT2D eigenvalue weighted by molar-refractivity contribution is 0.348. The summed E-state index contributed by atoms with van der Waals surface area (Å²) in [7, 11) is 1.69. The molecule has 1 saturated heterocycles. The van der Waals surface area contributed by atoms with Crippen LogP contribution in [-0.4, -0.2) is 38.2 Å². The largest absolute Gasteiger partial charge is 0.497 e. The minimum absolute atomic E-state index is 0.867. The first kappa shape index (κ1) is 16.1.